The van der Waals surface area contributed by atoms with Crippen LogP contribution >= 0.6 is 11.3 Å². The lowest BCUT2D eigenvalue weighted by molar-refractivity contribution is 1.29. The van der Waals surface area contributed by atoms with E-state index in [9.17, 15) is 0 Å². The van der Waals surface area contributed by atoms with Crippen molar-refractivity contribution in [2.45, 2.75) is 0 Å². The topological polar surface area (TPSA) is 3.24 Å². The van der Waals surface area contributed by atoms with E-state index in [1.54, 1.807) is 0 Å². The molecule has 0 N–H and O–H groups in total. The fraction of sp³-hybridized carbons (Fsp3) is 0. The van der Waals surface area contributed by atoms with Crippen molar-refractivity contribution in [3.8, 4) is 11.1 Å². The molecule has 206 valence electrons. The quantitative estimate of drug-likeness (QED) is 0.188. The number of fused-ring (bicyclic) bond motifs is 8. The van der Waals surface area contributed by atoms with E-state index in [0.29, 0.717) is 0 Å². The Morgan fingerprint density at radius 3 is 1.82 bits per heavy atom. The number of benzene rings is 8. The zero-order chi connectivity index (χ0) is 29.0. The summed E-state index contributed by atoms with van der Waals surface area (Å²) in [6, 6.07) is 59.7. The predicted octanol–water partition coefficient (Wildman–Crippen LogP) is 12.7. The molecular formula is C42H27NS. The molecule has 0 aliphatic carbocycles. The zero-order valence-corrected chi connectivity index (χ0v) is 24.8. The second-order valence-electron chi connectivity index (χ2n) is 11.3. The first-order valence-corrected chi connectivity index (χ1v) is 15.8. The van der Waals surface area contributed by atoms with Gasteiger partial charge in [-0.05, 0) is 85.9 Å². The van der Waals surface area contributed by atoms with Gasteiger partial charge in [0.25, 0.3) is 0 Å². The highest BCUT2D eigenvalue weighted by molar-refractivity contribution is 7.25. The number of hydrogen-bond donors (Lipinski definition) is 0. The Kier molecular flexibility index (Phi) is 5.75. The largest absolute Gasteiger partial charge is 0.310 e. The molecule has 0 fully saturated rings. The molecule has 1 nitrogen and oxygen atoms in total. The Morgan fingerprint density at radius 1 is 0.341 bits per heavy atom. The second-order valence-corrected chi connectivity index (χ2v) is 12.4. The molecule has 8 aromatic carbocycles. The van der Waals surface area contributed by atoms with Crippen molar-refractivity contribution in [1.29, 1.82) is 0 Å². The Labute approximate surface area is 259 Å². The van der Waals surface area contributed by atoms with Crippen molar-refractivity contribution in [3.63, 3.8) is 0 Å². The summed E-state index contributed by atoms with van der Waals surface area (Å²) in [4.78, 5) is 2.36. The number of thiophene rings is 1. The zero-order valence-electron chi connectivity index (χ0n) is 23.9. The Balaban J connectivity index is 1.16. The summed E-state index contributed by atoms with van der Waals surface area (Å²) in [5, 5.41) is 10.4. The summed E-state index contributed by atoms with van der Waals surface area (Å²) in [6.45, 7) is 0. The third-order valence-corrected chi connectivity index (χ3v) is 9.99. The third-order valence-electron chi connectivity index (χ3n) is 8.86. The minimum absolute atomic E-state index is 1.14. The Bertz CT molecular complexity index is 2490. The van der Waals surface area contributed by atoms with Gasteiger partial charge in [-0.2, -0.15) is 0 Å². The number of anilines is 3. The summed E-state index contributed by atoms with van der Waals surface area (Å²) in [6.07, 6.45) is 0. The van der Waals surface area contributed by atoms with Crippen LogP contribution < -0.4 is 4.90 Å². The maximum atomic E-state index is 2.36. The lowest BCUT2D eigenvalue weighted by Gasteiger charge is -2.26. The van der Waals surface area contributed by atoms with Crippen LogP contribution in [0.2, 0.25) is 0 Å². The highest BCUT2D eigenvalue weighted by atomic mass is 32.1. The smallest absolute Gasteiger partial charge is 0.0476 e. The van der Waals surface area contributed by atoms with E-state index < -0.39 is 0 Å². The lowest BCUT2D eigenvalue weighted by Crippen LogP contribution is -2.09. The number of hydrogen-bond acceptors (Lipinski definition) is 2. The lowest BCUT2D eigenvalue weighted by atomic mass is 9.92. The van der Waals surface area contributed by atoms with Crippen LogP contribution in [0.4, 0.5) is 17.1 Å². The van der Waals surface area contributed by atoms with Gasteiger partial charge in [0.15, 0.2) is 0 Å². The molecule has 0 amide bonds. The number of nitrogens with zero attached hydrogens (tertiary/aromatic N) is 1. The van der Waals surface area contributed by atoms with E-state index in [-0.39, 0.29) is 0 Å². The molecule has 9 aromatic rings. The minimum Gasteiger partial charge on any atom is -0.310 e. The molecule has 0 saturated heterocycles. The molecule has 0 radical (unpaired) electrons. The molecule has 9 rings (SSSR count). The van der Waals surface area contributed by atoms with Crippen LogP contribution in [0, 0.1) is 0 Å². The van der Waals surface area contributed by atoms with Gasteiger partial charge in [0, 0.05) is 37.2 Å². The molecule has 0 aliphatic rings. The molecule has 0 aliphatic heterocycles. The van der Waals surface area contributed by atoms with Crippen LogP contribution in [-0.4, -0.2) is 0 Å². The van der Waals surface area contributed by atoms with E-state index in [0.717, 1.165) is 17.1 Å². The van der Waals surface area contributed by atoms with Crippen molar-refractivity contribution in [3.05, 3.63) is 164 Å². The van der Waals surface area contributed by atoms with Crippen LogP contribution in [0.5, 0.6) is 0 Å². The second kappa shape index (κ2) is 10.1. The van der Waals surface area contributed by atoms with Crippen LogP contribution in [-0.2, 0) is 0 Å². The summed E-state index contributed by atoms with van der Waals surface area (Å²) in [5.41, 5.74) is 5.91. The van der Waals surface area contributed by atoms with Gasteiger partial charge in [0.2, 0.25) is 0 Å². The van der Waals surface area contributed by atoms with E-state index in [1.807, 2.05) is 11.3 Å². The van der Waals surface area contributed by atoms with Gasteiger partial charge >= 0.3 is 0 Å². The first-order valence-electron chi connectivity index (χ1n) is 15.0. The Hall–Kier alpha value is -5.44. The van der Waals surface area contributed by atoms with E-state index in [1.165, 1.54) is 63.6 Å². The number of para-hydroxylation sites is 1. The van der Waals surface area contributed by atoms with Gasteiger partial charge in [0.1, 0.15) is 0 Å². The minimum atomic E-state index is 1.14. The van der Waals surface area contributed by atoms with Gasteiger partial charge < -0.3 is 4.90 Å². The summed E-state index contributed by atoms with van der Waals surface area (Å²) in [5.74, 6) is 0. The standard InChI is InChI=1S/C42H27NS/c1-2-10-30(11-3-1)43(32-22-24-40-39-13-6-7-16-41(39)44-42(40)27-32)31-20-17-29(18-21-31)34-14-8-15-35-36(34)25-26-37-33-12-5-4-9-28(33)19-23-38(35)37/h1-27H. The van der Waals surface area contributed by atoms with Crippen LogP contribution in [0.15, 0.2) is 164 Å². The summed E-state index contributed by atoms with van der Waals surface area (Å²) < 4.78 is 2.63. The van der Waals surface area contributed by atoms with Crippen molar-refractivity contribution in [2.75, 3.05) is 4.90 Å². The first-order chi connectivity index (χ1) is 21.8. The molecule has 44 heavy (non-hydrogen) atoms. The van der Waals surface area contributed by atoms with Crippen LogP contribution in [0.25, 0.3) is 63.6 Å². The fourth-order valence-electron chi connectivity index (χ4n) is 6.78. The average molecular weight is 578 g/mol. The van der Waals surface area contributed by atoms with E-state index in [4.69, 9.17) is 0 Å². The van der Waals surface area contributed by atoms with E-state index >= 15 is 0 Å². The SMILES string of the molecule is c1ccc(N(c2ccc(-c3cccc4c3ccc3c5ccccc5ccc43)cc2)c2ccc3c(c2)sc2ccccc23)cc1. The van der Waals surface area contributed by atoms with Crippen molar-refractivity contribution in [2.24, 2.45) is 0 Å². The van der Waals surface area contributed by atoms with Crippen LogP contribution in [0.3, 0.4) is 0 Å². The molecule has 1 heterocycles. The normalized spacial score (nSPS) is 11.6. The average Bonchev–Trinajstić information content (AvgIpc) is 3.47. The van der Waals surface area contributed by atoms with Crippen molar-refractivity contribution >= 4 is 80.9 Å². The van der Waals surface area contributed by atoms with Gasteiger partial charge in [-0.1, -0.05) is 121 Å². The van der Waals surface area contributed by atoms with Crippen molar-refractivity contribution < 1.29 is 0 Å². The van der Waals surface area contributed by atoms with Gasteiger partial charge in [-0.15, -0.1) is 11.3 Å². The first kappa shape index (κ1) is 25.1. The van der Waals surface area contributed by atoms with E-state index in [2.05, 4.69) is 169 Å². The molecule has 0 bridgehead atoms. The molecule has 0 atom stereocenters. The van der Waals surface area contributed by atoms with Gasteiger partial charge in [-0.3, -0.25) is 0 Å². The van der Waals surface area contributed by atoms with Gasteiger partial charge in [0.05, 0.1) is 0 Å². The summed E-state index contributed by atoms with van der Waals surface area (Å²) in [7, 11) is 0. The van der Waals surface area contributed by atoms with Crippen molar-refractivity contribution in [1.82, 2.24) is 0 Å². The highest BCUT2D eigenvalue weighted by Gasteiger charge is 2.15. The monoisotopic (exact) mass is 577 g/mol. The molecular weight excluding hydrogens is 551 g/mol. The molecule has 0 spiro atoms. The molecule has 0 unspecified atom stereocenters. The molecule has 0 saturated carbocycles. The highest BCUT2D eigenvalue weighted by Crippen LogP contribution is 2.42. The Morgan fingerprint density at radius 2 is 0.932 bits per heavy atom. The third kappa shape index (κ3) is 4.00. The van der Waals surface area contributed by atoms with Crippen LogP contribution in [0.1, 0.15) is 0 Å². The number of rotatable bonds is 4. The maximum absolute atomic E-state index is 2.36. The predicted molar refractivity (Wildman–Crippen MR) is 192 cm³/mol. The fourth-order valence-corrected chi connectivity index (χ4v) is 7.92. The molecule has 1 aromatic heterocycles. The summed E-state index contributed by atoms with van der Waals surface area (Å²) >= 11 is 1.86. The maximum Gasteiger partial charge on any atom is 0.0476 e. The molecule has 2 heteroatoms. The van der Waals surface area contributed by atoms with Gasteiger partial charge in [-0.25, -0.2) is 0 Å².